The van der Waals surface area contributed by atoms with E-state index in [2.05, 4.69) is 27.9 Å². The molecular weight excluding hydrogens is 312 g/mol. The Balaban J connectivity index is 1.64. The molecule has 1 aliphatic rings. The molecule has 138 valence electrons. The molecule has 1 aromatic carbocycles. The van der Waals surface area contributed by atoms with Gasteiger partial charge in [-0.15, -0.1) is 0 Å². The highest BCUT2D eigenvalue weighted by Crippen LogP contribution is 2.40. The van der Waals surface area contributed by atoms with E-state index < -0.39 is 0 Å². The summed E-state index contributed by atoms with van der Waals surface area (Å²) in [6.07, 6.45) is 6.92. The number of guanidine groups is 1. The molecule has 0 spiro atoms. The standard InChI is InChI=1S/C20H32N4O/c1-3-20(12-7-8-13-20)16-24-19(21-2)22-14-11-18(25)23-15-17-9-5-4-6-10-17/h4-6,9-10H,3,7-8,11-16H2,1-2H3,(H,23,25)(H2,21,22,24). The van der Waals surface area contributed by atoms with Gasteiger partial charge in [0.05, 0.1) is 0 Å². The van der Waals surface area contributed by atoms with Crippen LogP contribution in [0.25, 0.3) is 0 Å². The zero-order chi connectivity index (χ0) is 18.0. The van der Waals surface area contributed by atoms with Crippen LogP contribution < -0.4 is 16.0 Å². The monoisotopic (exact) mass is 344 g/mol. The fraction of sp³-hybridized carbons (Fsp3) is 0.600. The van der Waals surface area contributed by atoms with Crippen molar-refractivity contribution in [1.29, 1.82) is 0 Å². The molecule has 0 atom stereocenters. The minimum atomic E-state index is 0.0487. The molecule has 5 nitrogen and oxygen atoms in total. The van der Waals surface area contributed by atoms with Gasteiger partial charge < -0.3 is 16.0 Å². The third-order valence-electron chi connectivity index (χ3n) is 5.25. The van der Waals surface area contributed by atoms with Crippen molar-refractivity contribution in [3.63, 3.8) is 0 Å². The summed E-state index contributed by atoms with van der Waals surface area (Å²) < 4.78 is 0. The lowest BCUT2D eigenvalue weighted by Gasteiger charge is -2.28. The van der Waals surface area contributed by atoms with Crippen molar-refractivity contribution in [1.82, 2.24) is 16.0 Å². The van der Waals surface area contributed by atoms with E-state index in [0.29, 0.717) is 24.9 Å². The first-order valence-corrected chi connectivity index (χ1v) is 9.42. The molecule has 0 aliphatic heterocycles. The molecule has 1 amide bonds. The summed E-state index contributed by atoms with van der Waals surface area (Å²) >= 11 is 0. The Bertz CT molecular complexity index is 550. The highest BCUT2D eigenvalue weighted by molar-refractivity contribution is 5.81. The molecule has 0 saturated heterocycles. The molecule has 1 fully saturated rings. The lowest BCUT2D eigenvalue weighted by molar-refractivity contribution is -0.121. The number of benzene rings is 1. The lowest BCUT2D eigenvalue weighted by Crippen LogP contribution is -2.43. The van der Waals surface area contributed by atoms with Crippen molar-refractivity contribution in [2.45, 2.75) is 52.0 Å². The Morgan fingerprint density at radius 1 is 1.12 bits per heavy atom. The van der Waals surface area contributed by atoms with Crippen molar-refractivity contribution < 1.29 is 4.79 Å². The Hall–Kier alpha value is -2.04. The molecule has 5 heteroatoms. The predicted molar refractivity (Wildman–Crippen MR) is 103 cm³/mol. The van der Waals surface area contributed by atoms with E-state index in [1.165, 1.54) is 32.1 Å². The van der Waals surface area contributed by atoms with Gasteiger partial charge in [0.2, 0.25) is 5.91 Å². The normalized spacial score (nSPS) is 16.5. The van der Waals surface area contributed by atoms with Gasteiger partial charge in [-0.25, -0.2) is 0 Å². The Morgan fingerprint density at radius 2 is 1.84 bits per heavy atom. The highest BCUT2D eigenvalue weighted by atomic mass is 16.1. The van der Waals surface area contributed by atoms with Crippen LogP contribution in [0.3, 0.4) is 0 Å². The van der Waals surface area contributed by atoms with Gasteiger partial charge in [0, 0.05) is 33.1 Å². The van der Waals surface area contributed by atoms with Crippen molar-refractivity contribution >= 4 is 11.9 Å². The number of amides is 1. The Morgan fingerprint density at radius 3 is 2.48 bits per heavy atom. The van der Waals surface area contributed by atoms with Crippen LogP contribution >= 0.6 is 0 Å². The maximum atomic E-state index is 11.9. The summed E-state index contributed by atoms with van der Waals surface area (Å²) in [5.74, 6) is 0.836. The summed E-state index contributed by atoms with van der Waals surface area (Å²) in [6, 6.07) is 9.95. The minimum absolute atomic E-state index is 0.0487. The van der Waals surface area contributed by atoms with E-state index in [1.54, 1.807) is 7.05 Å². The molecular formula is C20H32N4O. The van der Waals surface area contributed by atoms with Crippen LogP contribution in [-0.4, -0.2) is 32.0 Å². The number of nitrogens with zero attached hydrogens (tertiary/aromatic N) is 1. The summed E-state index contributed by atoms with van der Waals surface area (Å²) in [6.45, 7) is 4.40. The second kappa shape index (κ2) is 10.1. The average molecular weight is 345 g/mol. The van der Waals surface area contributed by atoms with Crippen molar-refractivity contribution in [3.05, 3.63) is 35.9 Å². The first kappa shape index (κ1) is 19.3. The third kappa shape index (κ3) is 6.40. The number of hydrogen-bond donors (Lipinski definition) is 3. The van der Waals surface area contributed by atoms with Gasteiger partial charge in [-0.1, -0.05) is 50.1 Å². The Labute approximate surface area is 151 Å². The van der Waals surface area contributed by atoms with Crippen LogP contribution in [0, 0.1) is 5.41 Å². The maximum absolute atomic E-state index is 11.9. The van der Waals surface area contributed by atoms with Gasteiger partial charge in [-0.05, 0) is 30.2 Å². The number of nitrogens with one attached hydrogen (secondary N) is 3. The van der Waals surface area contributed by atoms with Crippen LogP contribution in [0.1, 0.15) is 51.0 Å². The van der Waals surface area contributed by atoms with Gasteiger partial charge in [0.25, 0.3) is 0 Å². The molecule has 1 aliphatic carbocycles. The fourth-order valence-electron chi connectivity index (χ4n) is 3.45. The second-order valence-corrected chi connectivity index (χ2v) is 6.93. The van der Waals surface area contributed by atoms with Crippen molar-refractivity contribution in [2.24, 2.45) is 10.4 Å². The number of carbonyl (C=O) groups excluding carboxylic acids is 1. The summed E-state index contributed by atoms with van der Waals surface area (Å²) in [4.78, 5) is 16.2. The van der Waals surface area contributed by atoms with Crippen molar-refractivity contribution in [3.8, 4) is 0 Å². The maximum Gasteiger partial charge on any atom is 0.222 e. The van der Waals surface area contributed by atoms with E-state index in [-0.39, 0.29) is 5.91 Å². The van der Waals surface area contributed by atoms with E-state index in [1.807, 2.05) is 30.3 Å². The number of aliphatic imine (C=N–C) groups is 1. The van der Waals surface area contributed by atoms with E-state index >= 15 is 0 Å². The van der Waals surface area contributed by atoms with E-state index in [0.717, 1.165) is 18.1 Å². The zero-order valence-corrected chi connectivity index (χ0v) is 15.6. The first-order valence-electron chi connectivity index (χ1n) is 9.42. The van der Waals surface area contributed by atoms with Crippen LogP contribution in [-0.2, 0) is 11.3 Å². The molecule has 0 aromatic heterocycles. The van der Waals surface area contributed by atoms with Crippen LogP contribution in [0.15, 0.2) is 35.3 Å². The second-order valence-electron chi connectivity index (χ2n) is 6.93. The largest absolute Gasteiger partial charge is 0.356 e. The van der Waals surface area contributed by atoms with E-state index in [4.69, 9.17) is 0 Å². The van der Waals surface area contributed by atoms with Crippen LogP contribution in [0.5, 0.6) is 0 Å². The average Bonchev–Trinajstić information content (AvgIpc) is 3.13. The van der Waals surface area contributed by atoms with E-state index in [9.17, 15) is 4.79 Å². The molecule has 3 N–H and O–H groups in total. The van der Waals surface area contributed by atoms with Crippen molar-refractivity contribution in [2.75, 3.05) is 20.1 Å². The van der Waals surface area contributed by atoms with Gasteiger partial charge in [0.15, 0.2) is 5.96 Å². The third-order valence-corrected chi connectivity index (χ3v) is 5.25. The SMILES string of the molecule is CCC1(CNC(=NC)NCCC(=O)NCc2ccccc2)CCCC1. The molecule has 0 bridgehead atoms. The molecule has 0 unspecified atom stereocenters. The zero-order valence-electron chi connectivity index (χ0n) is 15.6. The lowest BCUT2D eigenvalue weighted by atomic mass is 9.83. The number of carbonyl (C=O) groups is 1. The molecule has 1 aromatic rings. The minimum Gasteiger partial charge on any atom is -0.356 e. The van der Waals surface area contributed by atoms with Gasteiger partial charge in [-0.2, -0.15) is 0 Å². The summed E-state index contributed by atoms with van der Waals surface area (Å²) in [7, 11) is 1.78. The number of hydrogen-bond acceptors (Lipinski definition) is 2. The van der Waals surface area contributed by atoms with Gasteiger partial charge in [0.1, 0.15) is 0 Å². The van der Waals surface area contributed by atoms with Gasteiger partial charge in [-0.3, -0.25) is 9.79 Å². The summed E-state index contributed by atoms with van der Waals surface area (Å²) in [5, 5.41) is 9.63. The molecule has 25 heavy (non-hydrogen) atoms. The molecule has 0 heterocycles. The topological polar surface area (TPSA) is 65.5 Å². The quantitative estimate of drug-likeness (QED) is 0.502. The fourth-order valence-corrected chi connectivity index (χ4v) is 3.45. The predicted octanol–water partition coefficient (Wildman–Crippen LogP) is 2.83. The number of rotatable bonds is 8. The molecule has 2 rings (SSSR count). The summed E-state index contributed by atoms with van der Waals surface area (Å²) in [5.41, 5.74) is 1.53. The van der Waals surface area contributed by atoms with Crippen LogP contribution in [0.2, 0.25) is 0 Å². The molecule has 1 saturated carbocycles. The van der Waals surface area contributed by atoms with Gasteiger partial charge >= 0.3 is 0 Å². The first-order chi connectivity index (χ1) is 12.2. The highest BCUT2D eigenvalue weighted by Gasteiger charge is 2.31. The smallest absolute Gasteiger partial charge is 0.222 e. The Kier molecular flexibility index (Phi) is 7.76. The van der Waals surface area contributed by atoms with Crippen LogP contribution in [0.4, 0.5) is 0 Å². The molecule has 0 radical (unpaired) electrons.